The van der Waals surface area contributed by atoms with E-state index in [2.05, 4.69) is 66.7 Å². The van der Waals surface area contributed by atoms with Gasteiger partial charge in [0.05, 0.1) is 30.4 Å². The van der Waals surface area contributed by atoms with Crippen molar-refractivity contribution in [3.8, 4) is 11.3 Å². The summed E-state index contributed by atoms with van der Waals surface area (Å²) < 4.78 is 5.43. The molecule has 1 unspecified atom stereocenters. The molecule has 4 aliphatic heterocycles. The molecule has 0 aliphatic carbocycles. The number of carbonyl (C=O) groups is 2. The minimum atomic E-state index is -0.513. The van der Waals surface area contributed by atoms with Gasteiger partial charge in [-0.3, -0.25) is 14.6 Å². The molecule has 1 aromatic carbocycles. The van der Waals surface area contributed by atoms with E-state index >= 15 is 0 Å². The predicted molar refractivity (Wildman–Crippen MR) is 177 cm³/mol. The highest BCUT2D eigenvalue weighted by molar-refractivity contribution is 7.19. The van der Waals surface area contributed by atoms with Crippen molar-refractivity contribution in [2.45, 2.75) is 58.4 Å². The van der Waals surface area contributed by atoms with Crippen LogP contribution in [0.25, 0.3) is 21.5 Å². The molecule has 7 rings (SSSR count). The molecule has 2 aromatic heterocycles. The number of nitrogens with one attached hydrogen (secondary N) is 1. The zero-order valence-corrected chi connectivity index (χ0v) is 27.6. The van der Waals surface area contributed by atoms with Crippen molar-refractivity contribution in [3.05, 3.63) is 45.8 Å². The lowest BCUT2D eigenvalue weighted by molar-refractivity contribution is -0.127. The van der Waals surface area contributed by atoms with E-state index in [-0.39, 0.29) is 12.1 Å². The van der Waals surface area contributed by atoms with Gasteiger partial charge in [0, 0.05) is 56.1 Å². The van der Waals surface area contributed by atoms with E-state index in [4.69, 9.17) is 4.74 Å². The number of Topliss-reactive ketones (excluding diaryl/α,β-unsaturated/α-hetero) is 1. The van der Waals surface area contributed by atoms with Crippen molar-refractivity contribution >= 4 is 33.4 Å². The minimum Gasteiger partial charge on any atom is -0.378 e. The first kappa shape index (κ1) is 30.0. The van der Waals surface area contributed by atoms with Gasteiger partial charge in [0.1, 0.15) is 4.83 Å². The van der Waals surface area contributed by atoms with E-state index in [0.29, 0.717) is 38.0 Å². The fourth-order valence-electron chi connectivity index (χ4n) is 8.03. The number of nitrogens with zero attached hydrogens (tertiary/aromatic N) is 4. The number of ether oxygens (including phenoxy) is 1. The van der Waals surface area contributed by atoms with Gasteiger partial charge < -0.3 is 19.5 Å². The molecule has 236 valence electrons. The number of thiophene rings is 1. The summed E-state index contributed by atoms with van der Waals surface area (Å²) in [4.78, 5) is 42.0. The summed E-state index contributed by atoms with van der Waals surface area (Å²) >= 11 is 1.76. The number of amides is 2. The molecule has 2 bridgehead atoms. The van der Waals surface area contributed by atoms with E-state index in [1.54, 1.807) is 11.3 Å². The van der Waals surface area contributed by atoms with Gasteiger partial charge in [-0.05, 0) is 95.3 Å². The maximum Gasteiger partial charge on any atom is 0.320 e. The number of aromatic amines is 1. The Hall–Kier alpha value is -2.72. The van der Waals surface area contributed by atoms with Crippen molar-refractivity contribution in [2.24, 2.45) is 5.92 Å². The summed E-state index contributed by atoms with van der Waals surface area (Å²) in [7, 11) is 0. The van der Waals surface area contributed by atoms with E-state index in [1.165, 1.54) is 43.0 Å². The van der Waals surface area contributed by atoms with Crippen molar-refractivity contribution in [2.75, 3.05) is 72.1 Å². The van der Waals surface area contributed by atoms with Gasteiger partial charge in [-0.25, -0.2) is 4.79 Å². The molecule has 44 heavy (non-hydrogen) atoms. The van der Waals surface area contributed by atoms with Crippen LogP contribution in [0.15, 0.2) is 24.3 Å². The molecular formula is C35H47N5O3S. The summed E-state index contributed by atoms with van der Waals surface area (Å²) in [6.45, 7) is 17.6. The van der Waals surface area contributed by atoms with Crippen LogP contribution in [-0.4, -0.2) is 115 Å². The number of carbonyl (C=O) groups excluding carboxylic acids is 2. The van der Waals surface area contributed by atoms with E-state index in [1.807, 2.05) is 9.80 Å². The zero-order chi connectivity index (χ0) is 30.6. The Labute approximate surface area is 265 Å². The molecule has 8 nitrogen and oxygen atoms in total. The smallest absolute Gasteiger partial charge is 0.320 e. The Balaban J connectivity index is 1.12. The standard InChI is InChI=1S/C35H47N5O3S/c1-23-19-24(2)21-26(20-23)30-27(7-8-37-11-13-39(14-12-37)34(42)40-15-17-43-18-16-40)28-22-29(44-33(28)36-30)35(3,4)32(41)31-25-5-9-38(31)10-6-25/h19-22,25,31,36H,5-18H2,1-4H3. The lowest BCUT2D eigenvalue weighted by atomic mass is 9.79. The summed E-state index contributed by atoms with van der Waals surface area (Å²) in [6, 6.07) is 9.35. The number of rotatable bonds is 7. The van der Waals surface area contributed by atoms with Gasteiger partial charge in [-0.15, -0.1) is 11.3 Å². The molecule has 1 atom stereocenters. The van der Waals surface area contributed by atoms with Gasteiger partial charge in [-0.1, -0.05) is 17.2 Å². The first-order chi connectivity index (χ1) is 21.2. The highest BCUT2D eigenvalue weighted by Gasteiger charge is 2.49. The number of piperidine rings is 1. The number of benzene rings is 1. The number of ketones is 1. The number of hydrogen-bond acceptors (Lipinski definition) is 6. The maximum absolute atomic E-state index is 14.0. The van der Waals surface area contributed by atoms with Crippen LogP contribution in [0.3, 0.4) is 0 Å². The number of fused-ring (bicyclic) bond motifs is 3. The molecule has 0 spiro atoms. The molecule has 0 saturated carbocycles. The third kappa shape index (κ3) is 5.50. The Morgan fingerprint density at radius 2 is 1.57 bits per heavy atom. The predicted octanol–water partition coefficient (Wildman–Crippen LogP) is 5.07. The van der Waals surface area contributed by atoms with Crippen LogP contribution in [0, 0.1) is 19.8 Å². The number of morpholine rings is 1. The Morgan fingerprint density at radius 3 is 2.20 bits per heavy atom. The molecule has 4 saturated heterocycles. The Kier molecular flexibility index (Phi) is 8.10. The SMILES string of the molecule is Cc1cc(C)cc(-c2[nH]c3sc(C(C)(C)C(=O)C4C5CCN4CC5)cc3c2CCN2CCN(C(=O)N3CCOCC3)CC2)c1. The van der Waals surface area contributed by atoms with Gasteiger partial charge in [0.25, 0.3) is 0 Å². The summed E-state index contributed by atoms with van der Waals surface area (Å²) in [5.41, 5.74) is 5.79. The van der Waals surface area contributed by atoms with Crippen LogP contribution in [0.1, 0.15) is 48.3 Å². The summed E-state index contributed by atoms with van der Waals surface area (Å²) in [5.74, 6) is 0.921. The molecule has 9 heteroatoms. The third-order valence-corrected chi connectivity index (χ3v) is 12.0. The van der Waals surface area contributed by atoms with E-state index in [9.17, 15) is 9.59 Å². The van der Waals surface area contributed by atoms with Gasteiger partial charge in [0.15, 0.2) is 5.78 Å². The lowest BCUT2D eigenvalue weighted by Gasteiger charge is -2.38. The van der Waals surface area contributed by atoms with Crippen LogP contribution < -0.4 is 0 Å². The minimum absolute atomic E-state index is 0.0875. The molecule has 4 fully saturated rings. The second-order valence-electron chi connectivity index (χ2n) is 14.0. The highest BCUT2D eigenvalue weighted by atomic mass is 32.1. The fourth-order valence-corrected chi connectivity index (χ4v) is 9.23. The average Bonchev–Trinajstić information content (AvgIpc) is 3.80. The van der Waals surface area contributed by atoms with Crippen LogP contribution in [0.4, 0.5) is 4.79 Å². The normalized spacial score (nSPS) is 24.5. The molecule has 2 amide bonds. The van der Waals surface area contributed by atoms with Crippen LogP contribution in [-0.2, 0) is 21.4 Å². The van der Waals surface area contributed by atoms with Crippen molar-refractivity contribution in [1.82, 2.24) is 24.6 Å². The molecule has 6 heterocycles. The van der Waals surface area contributed by atoms with Gasteiger partial charge in [-0.2, -0.15) is 0 Å². The molecular weight excluding hydrogens is 570 g/mol. The first-order valence-electron chi connectivity index (χ1n) is 16.5. The molecule has 1 N–H and O–H groups in total. The second kappa shape index (κ2) is 11.9. The van der Waals surface area contributed by atoms with Gasteiger partial charge in [0.2, 0.25) is 0 Å². The molecule has 4 aliphatic rings. The molecule has 0 radical (unpaired) electrons. The van der Waals surface area contributed by atoms with Crippen LogP contribution in [0.5, 0.6) is 0 Å². The Morgan fingerprint density at radius 1 is 0.909 bits per heavy atom. The maximum atomic E-state index is 14.0. The number of aromatic nitrogens is 1. The Bertz CT molecular complexity index is 1500. The highest BCUT2D eigenvalue weighted by Crippen LogP contribution is 2.44. The first-order valence-corrected chi connectivity index (χ1v) is 17.4. The summed E-state index contributed by atoms with van der Waals surface area (Å²) in [5, 5.41) is 1.26. The largest absolute Gasteiger partial charge is 0.378 e. The van der Waals surface area contributed by atoms with Crippen molar-refractivity contribution in [3.63, 3.8) is 0 Å². The van der Waals surface area contributed by atoms with Crippen molar-refractivity contribution < 1.29 is 14.3 Å². The quantitative estimate of drug-likeness (QED) is 0.401. The van der Waals surface area contributed by atoms with Gasteiger partial charge >= 0.3 is 6.03 Å². The van der Waals surface area contributed by atoms with Crippen molar-refractivity contribution in [1.29, 1.82) is 0 Å². The number of aryl methyl sites for hydroxylation is 2. The number of H-pyrrole nitrogens is 1. The number of urea groups is 1. The monoisotopic (exact) mass is 617 g/mol. The van der Waals surface area contributed by atoms with E-state index in [0.717, 1.165) is 65.1 Å². The number of hydrogen-bond donors (Lipinski definition) is 1. The molecule has 3 aromatic rings. The third-order valence-electron chi connectivity index (χ3n) is 10.6. The topological polar surface area (TPSA) is 72.1 Å². The number of piperazine rings is 1. The fraction of sp³-hybridized carbons (Fsp3) is 0.600. The van der Waals surface area contributed by atoms with Crippen LogP contribution in [0.2, 0.25) is 0 Å². The zero-order valence-electron chi connectivity index (χ0n) is 26.8. The summed E-state index contributed by atoms with van der Waals surface area (Å²) in [6.07, 6.45) is 3.25. The lowest BCUT2D eigenvalue weighted by Crippen LogP contribution is -2.54. The second-order valence-corrected chi connectivity index (χ2v) is 15.0. The van der Waals surface area contributed by atoms with E-state index < -0.39 is 5.41 Å². The van der Waals surface area contributed by atoms with Crippen LogP contribution >= 0.6 is 11.3 Å². The average molecular weight is 618 g/mol.